The molecule has 0 atom stereocenters. The number of halogens is 1. The molecule has 0 spiro atoms. The van der Waals surface area contributed by atoms with Crippen molar-refractivity contribution in [2.75, 3.05) is 5.32 Å². The molecule has 2 heterocycles. The van der Waals surface area contributed by atoms with Crippen LogP contribution in [0.2, 0.25) is 0 Å². The topological polar surface area (TPSA) is 64.7 Å². The summed E-state index contributed by atoms with van der Waals surface area (Å²) in [5, 5.41) is 11.3. The van der Waals surface area contributed by atoms with E-state index in [2.05, 4.69) is 62.6 Å². The van der Waals surface area contributed by atoms with Gasteiger partial charge >= 0.3 is 0 Å². The molecule has 124 valence electrons. The molecule has 0 aliphatic rings. The molecule has 0 saturated heterocycles. The fourth-order valence-electron chi connectivity index (χ4n) is 2.32. The normalized spacial score (nSPS) is 10.8. The van der Waals surface area contributed by atoms with E-state index in [0.29, 0.717) is 12.4 Å². The number of nitrogens with one attached hydrogen (secondary N) is 1. The molecule has 24 heavy (non-hydrogen) atoms. The van der Waals surface area contributed by atoms with Gasteiger partial charge in [-0.2, -0.15) is 10.2 Å². The molecule has 0 aliphatic carbocycles. The third kappa shape index (κ3) is 3.91. The van der Waals surface area contributed by atoms with Crippen molar-refractivity contribution in [3.8, 4) is 0 Å². The average Bonchev–Trinajstić information content (AvgIpc) is 3.08. The number of carbonyl (C=O) groups is 1. The lowest BCUT2D eigenvalue weighted by Gasteiger charge is -2.05. The smallest absolute Gasteiger partial charge is 0.247 e. The number of aromatic nitrogens is 4. The van der Waals surface area contributed by atoms with Crippen molar-refractivity contribution in [1.29, 1.82) is 0 Å². The summed E-state index contributed by atoms with van der Waals surface area (Å²) in [5.41, 5.74) is 3.32. The number of carbonyl (C=O) groups excluding carboxylic acids is 1. The molecule has 1 aromatic carbocycles. The molecule has 0 unspecified atom stereocenters. The van der Waals surface area contributed by atoms with Crippen LogP contribution in [0.25, 0.3) is 0 Å². The van der Waals surface area contributed by atoms with Gasteiger partial charge in [0.15, 0.2) is 5.82 Å². The number of anilines is 1. The first-order valence-electron chi connectivity index (χ1n) is 7.58. The Hall–Kier alpha value is -2.41. The van der Waals surface area contributed by atoms with Gasteiger partial charge in [0.2, 0.25) is 5.91 Å². The van der Waals surface area contributed by atoms with Crippen LogP contribution >= 0.6 is 15.9 Å². The fourth-order valence-corrected chi connectivity index (χ4v) is 2.73. The fraction of sp³-hybridized carbons (Fsp3) is 0.235. The summed E-state index contributed by atoms with van der Waals surface area (Å²) in [6.45, 7) is 4.78. The SMILES string of the molecule is Cc1ccc(Cn2cc(Br)c(NC(=O)Cn3nccc3C)n2)cc1. The lowest BCUT2D eigenvalue weighted by molar-refractivity contribution is -0.117. The third-order valence-electron chi connectivity index (χ3n) is 3.66. The van der Waals surface area contributed by atoms with Crippen molar-refractivity contribution in [3.05, 3.63) is 64.0 Å². The quantitative estimate of drug-likeness (QED) is 0.731. The first kappa shape index (κ1) is 16.4. The van der Waals surface area contributed by atoms with Gasteiger partial charge in [-0.15, -0.1) is 0 Å². The van der Waals surface area contributed by atoms with Gasteiger partial charge in [0.1, 0.15) is 6.54 Å². The average molecular weight is 388 g/mol. The Morgan fingerprint density at radius 1 is 1.21 bits per heavy atom. The number of hydrogen-bond donors (Lipinski definition) is 1. The lowest BCUT2D eigenvalue weighted by atomic mass is 10.1. The molecule has 6 nitrogen and oxygen atoms in total. The van der Waals surface area contributed by atoms with E-state index >= 15 is 0 Å². The molecule has 0 saturated carbocycles. The van der Waals surface area contributed by atoms with Crippen molar-refractivity contribution >= 4 is 27.7 Å². The van der Waals surface area contributed by atoms with Gasteiger partial charge in [-0.25, -0.2) is 0 Å². The maximum absolute atomic E-state index is 12.1. The van der Waals surface area contributed by atoms with E-state index in [4.69, 9.17) is 0 Å². The predicted octanol–water partition coefficient (Wildman–Crippen LogP) is 3.15. The second kappa shape index (κ2) is 7.00. The Morgan fingerprint density at radius 2 is 1.96 bits per heavy atom. The summed E-state index contributed by atoms with van der Waals surface area (Å²) < 4.78 is 4.19. The summed E-state index contributed by atoms with van der Waals surface area (Å²) in [7, 11) is 0. The molecule has 7 heteroatoms. The van der Waals surface area contributed by atoms with Crippen LogP contribution in [0.1, 0.15) is 16.8 Å². The number of rotatable bonds is 5. The van der Waals surface area contributed by atoms with Gasteiger partial charge in [-0.3, -0.25) is 14.2 Å². The third-order valence-corrected chi connectivity index (χ3v) is 4.24. The molecule has 1 amide bonds. The highest BCUT2D eigenvalue weighted by Crippen LogP contribution is 2.21. The molecule has 1 N–H and O–H groups in total. The van der Waals surface area contributed by atoms with Crippen LogP contribution < -0.4 is 5.32 Å². The molecular formula is C17H18BrN5O. The van der Waals surface area contributed by atoms with E-state index < -0.39 is 0 Å². The van der Waals surface area contributed by atoms with Crippen LogP contribution in [-0.4, -0.2) is 25.5 Å². The zero-order valence-corrected chi connectivity index (χ0v) is 15.1. The Morgan fingerprint density at radius 3 is 2.62 bits per heavy atom. The Bertz CT molecular complexity index is 850. The highest BCUT2D eigenvalue weighted by Gasteiger charge is 2.12. The largest absolute Gasteiger partial charge is 0.307 e. The summed E-state index contributed by atoms with van der Waals surface area (Å²) >= 11 is 3.44. The van der Waals surface area contributed by atoms with Crippen molar-refractivity contribution in [2.45, 2.75) is 26.9 Å². The van der Waals surface area contributed by atoms with E-state index in [0.717, 1.165) is 15.7 Å². The molecule has 3 rings (SSSR count). The van der Waals surface area contributed by atoms with Gasteiger partial charge in [-0.05, 0) is 41.4 Å². The van der Waals surface area contributed by atoms with Crippen molar-refractivity contribution in [1.82, 2.24) is 19.6 Å². The zero-order chi connectivity index (χ0) is 17.1. The summed E-state index contributed by atoms with van der Waals surface area (Å²) in [6, 6.07) is 10.2. The van der Waals surface area contributed by atoms with Gasteiger partial charge in [0.25, 0.3) is 0 Å². The molecule has 2 aromatic heterocycles. The van der Waals surface area contributed by atoms with E-state index in [1.165, 1.54) is 5.56 Å². The Kier molecular flexibility index (Phi) is 4.80. The lowest BCUT2D eigenvalue weighted by Crippen LogP contribution is -2.20. The predicted molar refractivity (Wildman–Crippen MR) is 95.8 cm³/mol. The number of amides is 1. The standard InChI is InChI=1S/C17H18BrN5O/c1-12-3-5-14(6-4-12)9-22-10-15(18)17(21-22)20-16(24)11-23-13(2)7-8-19-23/h3-8,10H,9,11H2,1-2H3,(H,20,21,24). The molecule has 0 aliphatic heterocycles. The van der Waals surface area contributed by atoms with Crippen LogP contribution in [0.4, 0.5) is 5.82 Å². The summed E-state index contributed by atoms with van der Waals surface area (Å²) in [4.78, 5) is 12.1. The zero-order valence-electron chi connectivity index (χ0n) is 13.5. The van der Waals surface area contributed by atoms with Crippen molar-refractivity contribution in [2.24, 2.45) is 0 Å². The second-order valence-electron chi connectivity index (χ2n) is 5.69. The summed E-state index contributed by atoms with van der Waals surface area (Å²) in [5.74, 6) is 0.347. The highest BCUT2D eigenvalue weighted by atomic mass is 79.9. The van der Waals surface area contributed by atoms with E-state index in [1.807, 2.05) is 19.2 Å². The first-order valence-corrected chi connectivity index (χ1v) is 8.37. The Labute approximate surface area is 148 Å². The molecule has 0 fully saturated rings. The minimum atomic E-state index is -0.164. The number of nitrogens with zero attached hydrogens (tertiary/aromatic N) is 4. The number of hydrogen-bond acceptors (Lipinski definition) is 3. The molecule has 0 radical (unpaired) electrons. The summed E-state index contributed by atoms with van der Waals surface area (Å²) in [6.07, 6.45) is 3.53. The van der Waals surface area contributed by atoms with Crippen LogP contribution in [0.5, 0.6) is 0 Å². The second-order valence-corrected chi connectivity index (χ2v) is 6.54. The van der Waals surface area contributed by atoms with Crippen molar-refractivity contribution < 1.29 is 4.79 Å². The Balaban J connectivity index is 1.66. The molecule has 3 aromatic rings. The van der Waals surface area contributed by atoms with Gasteiger partial charge in [0, 0.05) is 18.1 Å². The van der Waals surface area contributed by atoms with Gasteiger partial charge < -0.3 is 5.32 Å². The van der Waals surface area contributed by atoms with Crippen LogP contribution in [0, 0.1) is 13.8 Å². The van der Waals surface area contributed by atoms with E-state index in [9.17, 15) is 4.79 Å². The number of aryl methyl sites for hydroxylation is 2. The maximum atomic E-state index is 12.1. The van der Waals surface area contributed by atoms with Crippen molar-refractivity contribution in [3.63, 3.8) is 0 Å². The minimum absolute atomic E-state index is 0.163. The maximum Gasteiger partial charge on any atom is 0.247 e. The van der Waals surface area contributed by atoms with E-state index in [-0.39, 0.29) is 12.5 Å². The first-order chi connectivity index (χ1) is 11.5. The van der Waals surface area contributed by atoms with E-state index in [1.54, 1.807) is 15.6 Å². The molecular weight excluding hydrogens is 370 g/mol. The monoisotopic (exact) mass is 387 g/mol. The number of benzene rings is 1. The molecule has 0 bridgehead atoms. The van der Waals surface area contributed by atoms with Crippen LogP contribution in [-0.2, 0) is 17.9 Å². The van der Waals surface area contributed by atoms with Gasteiger partial charge in [0.05, 0.1) is 11.0 Å². The van der Waals surface area contributed by atoms with Crippen LogP contribution in [0.3, 0.4) is 0 Å². The highest BCUT2D eigenvalue weighted by molar-refractivity contribution is 9.10. The van der Waals surface area contributed by atoms with Gasteiger partial charge in [-0.1, -0.05) is 29.8 Å². The minimum Gasteiger partial charge on any atom is -0.307 e. The van der Waals surface area contributed by atoms with Crippen LogP contribution in [0.15, 0.2) is 47.2 Å².